The molecule has 1 saturated carbocycles. The third kappa shape index (κ3) is 1.67. The van der Waals surface area contributed by atoms with Crippen LogP contribution in [-0.4, -0.2) is 13.6 Å². The number of nitrogens with one attached hydrogen (secondary N) is 1. The third-order valence-electron chi connectivity index (χ3n) is 3.28. The smallest absolute Gasteiger partial charge is 0.0406 e. The molecule has 76 valence electrons. The summed E-state index contributed by atoms with van der Waals surface area (Å²) in [6, 6.07) is 8.32. The van der Waals surface area contributed by atoms with Gasteiger partial charge in [-0.1, -0.05) is 30.2 Å². The highest BCUT2D eigenvalue weighted by molar-refractivity contribution is 6.30. The Hall–Kier alpha value is -0.530. The van der Waals surface area contributed by atoms with Crippen molar-refractivity contribution >= 4 is 11.6 Å². The van der Waals surface area contributed by atoms with E-state index in [1.807, 2.05) is 19.2 Å². The van der Waals surface area contributed by atoms with Gasteiger partial charge in [-0.05, 0) is 37.6 Å². The largest absolute Gasteiger partial charge is 0.319 e. The lowest BCUT2D eigenvalue weighted by Gasteiger charge is -2.42. The summed E-state index contributed by atoms with van der Waals surface area (Å²) >= 11 is 5.88. The van der Waals surface area contributed by atoms with Gasteiger partial charge in [0.2, 0.25) is 0 Å². The number of rotatable bonds is 3. The van der Waals surface area contributed by atoms with E-state index in [1.165, 1.54) is 24.8 Å². The molecule has 1 aromatic rings. The summed E-state index contributed by atoms with van der Waals surface area (Å²) in [6.45, 7) is 1.08. The minimum absolute atomic E-state index is 0.388. The van der Waals surface area contributed by atoms with Crippen molar-refractivity contribution in [2.75, 3.05) is 13.6 Å². The lowest BCUT2D eigenvalue weighted by molar-refractivity contribution is 0.239. The van der Waals surface area contributed by atoms with Crippen molar-refractivity contribution in [3.8, 4) is 0 Å². The molecule has 0 heterocycles. The quantitative estimate of drug-likeness (QED) is 0.807. The van der Waals surface area contributed by atoms with Gasteiger partial charge in [-0.2, -0.15) is 0 Å². The lowest BCUT2D eigenvalue weighted by atomic mass is 9.64. The molecule has 1 fully saturated rings. The predicted molar refractivity (Wildman–Crippen MR) is 60.9 cm³/mol. The lowest BCUT2D eigenvalue weighted by Crippen LogP contribution is -2.42. The molecular weight excluding hydrogens is 194 g/mol. The zero-order valence-electron chi connectivity index (χ0n) is 8.52. The molecule has 0 bridgehead atoms. The second-order valence-electron chi connectivity index (χ2n) is 4.17. The summed E-state index contributed by atoms with van der Waals surface area (Å²) < 4.78 is 0. The molecule has 1 nitrogen and oxygen atoms in total. The molecule has 0 spiro atoms. The molecule has 0 radical (unpaired) electrons. The van der Waals surface area contributed by atoms with Crippen LogP contribution in [0.15, 0.2) is 24.3 Å². The molecule has 0 atom stereocenters. The Morgan fingerprint density at radius 1 is 1.29 bits per heavy atom. The van der Waals surface area contributed by atoms with Gasteiger partial charge < -0.3 is 5.32 Å². The number of hydrogen-bond donors (Lipinski definition) is 1. The minimum atomic E-state index is 0.388. The summed E-state index contributed by atoms with van der Waals surface area (Å²) in [7, 11) is 2.02. The summed E-state index contributed by atoms with van der Waals surface area (Å²) in [5.41, 5.74) is 1.82. The SMILES string of the molecule is CNCC1(c2ccc(Cl)cc2)CCC1. The molecule has 1 N–H and O–H groups in total. The molecule has 1 aliphatic carbocycles. The van der Waals surface area contributed by atoms with Gasteiger partial charge in [0, 0.05) is 17.0 Å². The van der Waals surface area contributed by atoms with E-state index in [2.05, 4.69) is 17.4 Å². The fraction of sp³-hybridized carbons (Fsp3) is 0.500. The van der Waals surface area contributed by atoms with Crippen molar-refractivity contribution < 1.29 is 0 Å². The number of benzene rings is 1. The summed E-state index contributed by atoms with van der Waals surface area (Å²) in [4.78, 5) is 0. The zero-order chi connectivity index (χ0) is 10.0. The number of hydrogen-bond acceptors (Lipinski definition) is 1. The topological polar surface area (TPSA) is 12.0 Å². The fourth-order valence-corrected chi connectivity index (χ4v) is 2.44. The van der Waals surface area contributed by atoms with Gasteiger partial charge in [0.05, 0.1) is 0 Å². The number of likely N-dealkylation sites (N-methyl/N-ethyl adjacent to an activating group) is 1. The first-order valence-electron chi connectivity index (χ1n) is 5.17. The van der Waals surface area contributed by atoms with Gasteiger partial charge in [-0.25, -0.2) is 0 Å². The Morgan fingerprint density at radius 3 is 2.36 bits per heavy atom. The van der Waals surface area contributed by atoms with Crippen LogP contribution in [-0.2, 0) is 5.41 Å². The van der Waals surface area contributed by atoms with E-state index in [-0.39, 0.29) is 0 Å². The average Bonchev–Trinajstić information content (AvgIpc) is 2.13. The van der Waals surface area contributed by atoms with Gasteiger partial charge in [-0.15, -0.1) is 0 Å². The first-order chi connectivity index (χ1) is 6.77. The van der Waals surface area contributed by atoms with Crippen molar-refractivity contribution in [2.45, 2.75) is 24.7 Å². The van der Waals surface area contributed by atoms with Crippen LogP contribution >= 0.6 is 11.6 Å². The number of halogens is 1. The Labute approximate surface area is 90.5 Å². The second kappa shape index (κ2) is 3.92. The van der Waals surface area contributed by atoms with E-state index < -0.39 is 0 Å². The van der Waals surface area contributed by atoms with E-state index in [9.17, 15) is 0 Å². The van der Waals surface area contributed by atoms with Crippen LogP contribution in [0.3, 0.4) is 0 Å². The van der Waals surface area contributed by atoms with Crippen molar-refractivity contribution in [1.29, 1.82) is 0 Å². The normalized spacial score (nSPS) is 19.0. The maximum absolute atomic E-state index is 5.88. The molecule has 0 amide bonds. The van der Waals surface area contributed by atoms with Crippen LogP contribution in [0.4, 0.5) is 0 Å². The van der Waals surface area contributed by atoms with Crippen LogP contribution in [0.1, 0.15) is 24.8 Å². The van der Waals surface area contributed by atoms with E-state index in [4.69, 9.17) is 11.6 Å². The molecule has 2 heteroatoms. The molecular formula is C12H16ClN. The van der Waals surface area contributed by atoms with Crippen LogP contribution in [0.2, 0.25) is 5.02 Å². The van der Waals surface area contributed by atoms with Gasteiger partial charge in [0.1, 0.15) is 0 Å². The molecule has 2 rings (SSSR count). The summed E-state index contributed by atoms with van der Waals surface area (Å²) in [6.07, 6.45) is 3.95. The molecule has 0 saturated heterocycles. The highest BCUT2D eigenvalue weighted by Crippen LogP contribution is 2.43. The van der Waals surface area contributed by atoms with Crippen LogP contribution in [0, 0.1) is 0 Å². The zero-order valence-corrected chi connectivity index (χ0v) is 9.27. The molecule has 1 aromatic carbocycles. The molecule has 0 aliphatic heterocycles. The van der Waals surface area contributed by atoms with Gasteiger partial charge in [0.25, 0.3) is 0 Å². The van der Waals surface area contributed by atoms with Crippen molar-refractivity contribution in [2.24, 2.45) is 0 Å². The predicted octanol–water partition coefficient (Wildman–Crippen LogP) is 2.98. The maximum atomic E-state index is 5.88. The Balaban J connectivity index is 2.23. The monoisotopic (exact) mass is 209 g/mol. The fourth-order valence-electron chi connectivity index (χ4n) is 2.31. The van der Waals surface area contributed by atoms with Crippen LogP contribution in [0.5, 0.6) is 0 Å². The Kier molecular flexibility index (Phi) is 2.80. The van der Waals surface area contributed by atoms with E-state index in [0.717, 1.165) is 11.6 Å². The van der Waals surface area contributed by atoms with E-state index >= 15 is 0 Å². The standard InChI is InChI=1S/C12H16ClN/c1-14-9-12(7-2-8-12)10-3-5-11(13)6-4-10/h3-6,14H,2,7-9H2,1H3. The highest BCUT2D eigenvalue weighted by Gasteiger charge is 2.37. The van der Waals surface area contributed by atoms with Gasteiger partial charge >= 0.3 is 0 Å². The van der Waals surface area contributed by atoms with E-state index in [0.29, 0.717) is 5.41 Å². The van der Waals surface area contributed by atoms with Crippen molar-refractivity contribution in [3.05, 3.63) is 34.9 Å². The highest BCUT2D eigenvalue weighted by atomic mass is 35.5. The molecule has 1 aliphatic rings. The summed E-state index contributed by atoms with van der Waals surface area (Å²) in [5, 5.41) is 4.12. The molecule has 0 unspecified atom stereocenters. The average molecular weight is 210 g/mol. The van der Waals surface area contributed by atoms with Crippen molar-refractivity contribution in [1.82, 2.24) is 5.32 Å². The molecule has 0 aromatic heterocycles. The van der Waals surface area contributed by atoms with Crippen LogP contribution in [0.25, 0.3) is 0 Å². The first-order valence-corrected chi connectivity index (χ1v) is 5.55. The van der Waals surface area contributed by atoms with Crippen LogP contribution < -0.4 is 5.32 Å². The summed E-state index contributed by atoms with van der Waals surface area (Å²) in [5.74, 6) is 0. The maximum Gasteiger partial charge on any atom is 0.0406 e. The minimum Gasteiger partial charge on any atom is -0.319 e. The second-order valence-corrected chi connectivity index (χ2v) is 4.61. The molecule has 14 heavy (non-hydrogen) atoms. The first kappa shape index (κ1) is 10.0. The Morgan fingerprint density at radius 2 is 1.93 bits per heavy atom. The van der Waals surface area contributed by atoms with Gasteiger partial charge in [-0.3, -0.25) is 0 Å². The van der Waals surface area contributed by atoms with Gasteiger partial charge in [0.15, 0.2) is 0 Å². The Bertz CT molecular complexity index is 301. The third-order valence-corrected chi connectivity index (χ3v) is 3.53. The van der Waals surface area contributed by atoms with E-state index in [1.54, 1.807) is 0 Å². The van der Waals surface area contributed by atoms with Crippen molar-refractivity contribution in [3.63, 3.8) is 0 Å².